The Hall–Kier alpha value is -7.76. The van der Waals surface area contributed by atoms with Crippen LogP contribution in [0.1, 0.15) is 0 Å². The van der Waals surface area contributed by atoms with Crippen LogP contribution < -0.4 is 0 Å². The van der Waals surface area contributed by atoms with Gasteiger partial charge in [0, 0.05) is 38.2 Å². The topological polar surface area (TPSA) is 48.8 Å². The highest BCUT2D eigenvalue weighted by atomic mass is 16.3. The molecule has 0 radical (unpaired) electrons. The number of fused-ring (bicyclic) bond motifs is 16. The lowest BCUT2D eigenvalue weighted by Gasteiger charge is -2.14. The van der Waals surface area contributed by atoms with Crippen LogP contribution in [0.5, 0.6) is 0 Å². The molecule has 4 aromatic heterocycles. The highest BCUT2D eigenvalue weighted by Gasteiger charge is 2.24. The van der Waals surface area contributed by atoms with Crippen molar-refractivity contribution in [2.45, 2.75) is 0 Å². The molecule has 0 bridgehead atoms. The molecule has 0 N–H and O–H groups in total. The van der Waals surface area contributed by atoms with Crippen LogP contribution in [0.2, 0.25) is 0 Å². The van der Waals surface area contributed by atoms with Crippen molar-refractivity contribution in [3.8, 4) is 22.9 Å². The normalized spacial score (nSPS) is 12.2. The summed E-state index contributed by atoms with van der Waals surface area (Å²) in [6.45, 7) is 0. The molecule has 9 aromatic carbocycles. The summed E-state index contributed by atoms with van der Waals surface area (Å²) in [5.41, 5.74) is 8.70. The van der Waals surface area contributed by atoms with Crippen molar-refractivity contribution in [1.82, 2.24) is 19.1 Å². The highest BCUT2D eigenvalue weighted by Crippen LogP contribution is 2.44. The maximum atomic E-state index is 6.49. The van der Waals surface area contributed by atoms with Crippen molar-refractivity contribution in [3.05, 3.63) is 182 Å². The summed E-state index contributed by atoms with van der Waals surface area (Å²) in [4.78, 5) is 10.6. The third kappa shape index (κ3) is 4.17. The Labute approximate surface area is 325 Å². The van der Waals surface area contributed by atoms with Crippen LogP contribution >= 0.6 is 0 Å². The molecule has 13 aromatic rings. The summed E-state index contributed by atoms with van der Waals surface area (Å²) in [5.74, 6) is 0.567. The van der Waals surface area contributed by atoms with Gasteiger partial charge in [0.25, 0.3) is 0 Å². The first-order valence-corrected chi connectivity index (χ1v) is 19.3. The SMILES string of the molecule is c1ccc(-c2nc(-n3c4ccccc4c4c3ccc3c5ccccc5n(-c5ccc6c7ccccc7c7ccccc7c6c5)c34)nc3oc4ccccc4c23)cc1. The van der Waals surface area contributed by atoms with E-state index in [-0.39, 0.29) is 0 Å². The molecule has 0 amide bonds. The third-order valence-electron chi connectivity index (χ3n) is 11.9. The monoisotopic (exact) mass is 726 g/mol. The second-order valence-corrected chi connectivity index (χ2v) is 14.9. The van der Waals surface area contributed by atoms with Crippen molar-refractivity contribution in [3.63, 3.8) is 0 Å². The zero-order valence-corrected chi connectivity index (χ0v) is 30.5. The molecule has 0 saturated carbocycles. The Morgan fingerprint density at radius 2 is 0.930 bits per heavy atom. The fraction of sp³-hybridized carbons (Fsp3) is 0. The maximum absolute atomic E-state index is 6.49. The fourth-order valence-corrected chi connectivity index (χ4v) is 9.54. The van der Waals surface area contributed by atoms with Crippen molar-refractivity contribution >= 4 is 98.0 Å². The van der Waals surface area contributed by atoms with E-state index in [1.807, 2.05) is 24.3 Å². The molecule has 0 spiro atoms. The quantitative estimate of drug-likeness (QED) is 0.170. The summed E-state index contributed by atoms with van der Waals surface area (Å²) >= 11 is 0. The molecule has 0 fully saturated rings. The van der Waals surface area contributed by atoms with Gasteiger partial charge < -0.3 is 8.98 Å². The van der Waals surface area contributed by atoms with Crippen LogP contribution in [-0.4, -0.2) is 19.1 Å². The summed E-state index contributed by atoms with van der Waals surface area (Å²) in [6, 6.07) is 64.9. The summed E-state index contributed by atoms with van der Waals surface area (Å²) < 4.78 is 11.2. The molecule has 5 nitrogen and oxygen atoms in total. The Kier molecular flexibility index (Phi) is 6.10. The minimum absolute atomic E-state index is 0.567. The predicted octanol–water partition coefficient (Wildman–Crippen LogP) is 13.7. The summed E-state index contributed by atoms with van der Waals surface area (Å²) in [5, 5.41) is 14.2. The fourth-order valence-electron chi connectivity index (χ4n) is 9.54. The third-order valence-corrected chi connectivity index (χ3v) is 11.9. The van der Waals surface area contributed by atoms with Crippen LogP contribution in [0, 0.1) is 0 Å². The van der Waals surface area contributed by atoms with E-state index in [1.54, 1.807) is 0 Å². The number of rotatable bonds is 3. The van der Waals surface area contributed by atoms with Crippen LogP contribution in [0.25, 0.3) is 121 Å². The number of hydrogen-bond acceptors (Lipinski definition) is 3. The van der Waals surface area contributed by atoms with Gasteiger partial charge >= 0.3 is 0 Å². The number of para-hydroxylation sites is 3. The maximum Gasteiger partial charge on any atom is 0.238 e. The van der Waals surface area contributed by atoms with Gasteiger partial charge in [-0.15, -0.1) is 0 Å². The zero-order chi connectivity index (χ0) is 37.2. The number of hydrogen-bond donors (Lipinski definition) is 0. The van der Waals surface area contributed by atoms with Crippen LogP contribution in [0.4, 0.5) is 0 Å². The lowest BCUT2D eigenvalue weighted by Crippen LogP contribution is -2.03. The average Bonchev–Trinajstić information content (AvgIpc) is 3.94. The first-order valence-electron chi connectivity index (χ1n) is 19.3. The molecule has 0 saturated heterocycles. The molecule has 0 atom stereocenters. The lowest BCUT2D eigenvalue weighted by atomic mass is 9.94. The summed E-state index contributed by atoms with van der Waals surface area (Å²) in [6.07, 6.45) is 0. The molecular formula is C52H30N4O. The van der Waals surface area contributed by atoms with Crippen LogP contribution in [0.15, 0.2) is 186 Å². The molecule has 4 heterocycles. The van der Waals surface area contributed by atoms with Gasteiger partial charge in [-0.05, 0) is 68.7 Å². The zero-order valence-electron chi connectivity index (χ0n) is 30.5. The predicted molar refractivity (Wildman–Crippen MR) is 236 cm³/mol. The van der Waals surface area contributed by atoms with E-state index in [9.17, 15) is 0 Å². The molecular weight excluding hydrogens is 697 g/mol. The minimum Gasteiger partial charge on any atom is -0.437 e. The van der Waals surface area contributed by atoms with E-state index < -0.39 is 0 Å². The lowest BCUT2D eigenvalue weighted by molar-refractivity contribution is 0.651. The van der Waals surface area contributed by atoms with Gasteiger partial charge in [0.2, 0.25) is 11.7 Å². The molecule has 0 aliphatic heterocycles. The van der Waals surface area contributed by atoms with Crippen molar-refractivity contribution in [2.24, 2.45) is 0 Å². The molecule has 13 rings (SSSR count). The van der Waals surface area contributed by atoms with Crippen molar-refractivity contribution in [2.75, 3.05) is 0 Å². The van der Waals surface area contributed by atoms with Gasteiger partial charge in [0.15, 0.2) is 0 Å². The molecule has 0 aliphatic carbocycles. The van der Waals surface area contributed by atoms with E-state index in [4.69, 9.17) is 14.4 Å². The van der Waals surface area contributed by atoms with Crippen LogP contribution in [0.3, 0.4) is 0 Å². The first-order chi connectivity index (χ1) is 28.3. The van der Waals surface area contributed by atoms with Gasteiger partial charge in [-0.25, -0.2) is 4.98 Å². The second kappa shape index (κ2) is 11.4. The first kappa shape index (κ1) is 30.6. The van der Waals surface area contributed by atoms with Gasteiger partial charge in [0.1, 0.15) is 5.58 Å². The standard InChI is InChI=1S/C52H30N4O/c1-2-14-31(15-3-1)49-48-41-22-10-13-25-46(41)57-51(48)54-52(53-49)56-44-24-12-9-21-40(44)47-45(56)29-28-39-38-20-8-11-23-43(38)55(50(39)47)32-26-27-37-35-18-5-4-16-33(35)34-17-6-7-19-36(34)42(37)30-32/h1-30H. The Balaban J connectivity index is 1.16. The Morgan fingerprint density at radius 1 is 0.368 bits per heavy atom. The molecule has 264 valence electrons. The molecule has 0 unspecified atom stereocenters. The van der Waals surface area contributed by atoms with E-state index in [1.165, 1.54) is 43.1 Å². The molecule has 5 heteroatoms. The van der Waals surface area contributed by atoms with Crippen molar-refractivity contribution in [1.29, 1.82) is 0 Å². The van der Waals surface area contributed by atoms with E-state index in [0.717, 1.165) is 66.1 Å². The number of nitrogens with zero attached hydrogens (tertiary/aromatic N) is 4. The minimum atomic E-state index is 0.567. The van der Waals surface area contributed by atoms with Crippen molar-refractivity contribution < 1.29 is 4.42 Å². The van der Waals surface area contributed by atoms with Crippen LogP contribution in [-0.2, 0) is 0 Å². The average molecular weight is 727 g/mol. The van der Waals surface area contributed by atoms with Gasteiger partial charge in [-0.3, -0.25) is 4.57 Å². The smallest absolute Gasteiger partial charge is 0.238 e. The molecule has 0 aliphatic rings. The number of benzene rings is 9. The Morgan fingerprint density at radius 3 is 1.67 bits per heavy atom. The van der Waals surface area contributed by atoms with Gasteiger partial charge in [-0.1, -0.05) is 146 Å². The largest absolute Gasteiger partial charge is 0.437 e. The number of aromatic nitrogens is 4. The van der Waals surface area contributed by atoms with Gasteiger partial charge in [0.05, 0.1) is 33.1 Å². The van der Waals surface area contributed by atoms with E-state index in [0.29, 0.717) is 11.7 Å². The number of furan rings is 1. The Bertz CT molecular complexity index is 3780. The second-order valence-electron chi connectivity index (χ2n) is 14.9. The highest BCUT2D eigenvalue weighted by molar-refractivity contribution is 6.28. The molecule has 57 heavy (non-hydrogen) atoms. The van der Waals surface area contributed by atoms with E-state index in [2.05, 4.69) is 167 Å². The van der Waals surface area contributed by atoms with E-state index >= 15 is 0 Å². The van der Waals surface area contributed by atoms with Gasteiger partial charge in [-0.2, -0.15) is 4.98 Å². The summed E-state index contributed by atoms with van der Waals surface area (Å²) in [7, 11) is 0.